The molecule has 0 aliphatic rings. The Morgan fingerprint density at radius 3 is 2.46 bits per heavy atom. The Kier molecular flexibility index (Phi) is 6.19. The second-order valence-electron chi connectivity index (χ2n) is 7.58. The number of amides is 2. The standard InChI is InChI=1S/C24H29N3O/c1-18(2)27(24(28)25-23-13-12-19(3)15-20(23)4)17-22-11-8-14-26(22)16-21-9-6-5-7-10-21/h5-15,18H,16-17H2,1-4H3,(H,25,28). The van der Waals surface area contributed by atoms with Crippen LogP contribution in [0.1, 0.15) is 36.2 Å². The lowest BCUT2D eigenvalue weighted by Crippen LogP contribution is -2.40. The van der Waals surface area contributed by atoms with Gasteiger partial charge in [0.1, 0.15) is 0 Å². The van der Waals surface area contributed by atoms with E-state index in [4.69, 9.17) is 0 Å². The Morgan fingerprint density at radius 1 is 1.04 bits per heavy atom. The number of carbonyl (C=O) groups excluding carboxylic acids is 1. The molecule has 4 nitrogen and oxygen atoms in total. The molecule has 0 unspecified atom stereocenters. The van der Waals surface area contributed by atoms with E-state index in [1.807, 2.05) is 49.9 Å². The molecule has 146 valence electrons. The molecule has 2 amide bonds. The van der Waals surface area contributed by atoms with Gasteiger partial charge in [0.2, 0.25) is 0 Å². The van der Waals surface area contributed by atoms with Crippen molar-refractivity contribution in [1.29, 1.82) is 0 Å². The maximum absolute atomic E-state index is 13.0. The van der Waals surface area contributed by atoms with Gasteiger partial charge in [-0.05, 0) is 57.0 Å². The number of aromatic nitrogens is 1. The lowest BCUT2D eigenvalue weighted by molar-refractivity contribution is 0.192. The summed E-state index contributed by atoms with van der Waals surface area (Å²) in [6, 6.07) is 20.6. The van der Waals surface area contributed by atoms with Crippen molar-refractivity contribution in [2.45, 2.75) is 46.8 Å². The Balaban J connectivity index is 1.75. The van der Waals surface area contributed by atoms with Crippen LogP contribution in [0.5, 0.6) is 0 Å². The van der Waals surface area contributed by atoms with Crippen molar-refractivity contribution in [3.8, 4) is 0 Å². The molecule has 2 aromatic carbocycles. The average Bonchev–Trinajstić information content (AvgIpc) is 3.09. The Hall–Kier alpha value is -3.01. The summed E-state index contributed by atoms with van der Waals surface area (Å²) in [5, 5.41) is 3.08. The molecule has 3 aromatic rings. The highest BCUT2D eigenvalue weighted by Gasteiger charge is 2.19. The first-order chi connectivity index (χ1) is 13.4. The predicted octanol–water partition coefficient (Wildman–Crippen LogP) is 5.60. The normalized spacial score (nSPS) is 10.9. The minimum atomic E-state index is -0.0746. The molecule has 28 heavy (non-hydrogen) atoms. The summed E-state index contributed by atoms with van der Waals surface area (Å²) in [5.41, 5.74) is 5.49. The highest BCUT2D eigenvalue weighted by molar-refractivity contribution is 5.90. The van der Waals surface area contributed by atoms with E-state index in [1.54, 1.807) is 0 Å². The van der Waals surface area contributed by atoms with Crippen LogP contribution in [0.25, 0.3) is 0 Å². The number of hydrogen-bond acceptors (Lipinski definition) is 1. The third-order valence-electron chi connectivity index (χ3n) is 4.96. The van der Waals surface area contributed by atoms with Crippen molar-refractivity contribution < 1.29 is 4.79 Å². The molecule has 0 saturated carbocycles. The van der Waals surface area contributed by atoms with E-state index < -0.39 is 0 Å². The second kappa shape index (κ2) is 8.79. The largest absolute Gasteiger partial charge is 0.345 e. The summed E-state index contributed by atoms with van der Waals surface area (Å²) in [6.45, 7) is 9.54. The summed E-state index contributed by atoms with van der Waals surface area (Å²) in [6.07, 6.45) is 2.07. The van der Waals surface area contributed by atoms with E-state index >= 15 is 0 Å². The molecule has 1 aromatic heterocycles. The Bertz CT molecular complexity index is 928. The molecule has 0 bridgehead atoms. The third-order valence-corrected chi connectivity index (χ3v) is 4.96. The number of hydrogen-bond donors (Lipinski definition) is 1. The van der Waals surface area contributed by atoms with Crippen molar-refractivity contribution in [3.63, 3.8) is 0 Å². The summed E-state index contributed by atoms with van der Waals surface area (Å²) < 4.78 is 2.20. The number of anilines is 1. The highest BCUT2D eigenvalue weighted by Crippen LogP contribution is 2.18. The van der Waals surface area contributed by atoms with Gasteiger partial charge in [0.25, 0.3) is 0 Å². The number of nitrogens with zero attached hydrogens (tertiary/aromatic N) is 2. The fraction of sp³-hybridized carbons (Fsp3) is 0.292. The van der Waals surface area contributed by atoms with Gasteiger partial charge in [-0.1, -0.05) is 48.0 Å². The zero-order valence-corrected chi connectivity index (χ0v) is 17.1. The molecule has 0 radical (unpaired) electrons. The Labute approximate surface area is 167 Å². The number of benzene rings is 2. The maximum Gasteiger partial charge on any atom is 0.322 e. The van der Waals surface area contributed by atoms with Gasteiger partial charge in [0, 0.05) is 30.2 Å². The first kappa shape index (κ1) is 19.7. The molecule has 0 spiro atoms. The molecule has 1 heterocycles. The number of aryl methyl sites for hydroxylation is 2. The summed E-state index contributed by atoms with van der Waals surface area (Å²) in [4.78, 5) is 14.9. The van der Waals surface area contributed by atoms with E-state index in [0.717, 1.165) is 23.5 Å². The number of nitrogens with one attached hydrogen (secondary N) is 1. The molecular formula is C24H29N3O. The third kappa shape index (κ3) is 4.83. The van der Waals surface area contributed by atoms with E-state index in [0.29, 0.717) is 6.54 Å². The first-order valence-electron chi connectivity index (χ1n) is 9.77. The molecule has 0 aliphatic heterocycles. The summed E-state index contributed by atoms with van der Waals surface area (Å²) >= 11 is 0. The lowest BCUT2D eigenvalue weighted by Gasteiger charge is -2.28. The number of carbonyl (C=O) groups is 1. The van der Waals surface area contributed by atoms with Crippen LogP contribution in [0.4, 0.5) is 10.5 Å². The van der Waals surface area contributed by atoms with Crippen molar-refractivity contribution in [3.05, 3.63) is 89.2 Å². The van der Waals surface area contributed by atoms with Crippen molar-refractivity contribution in [1.82, 2.24) is 9.47 Å². The fourth-order valence-electron chi connectivity index (χ4n) is 3.33. The van der Waals surface area contributed by atoms with E-state index in [9.17, 15) is 4.79 Å². The van der Waals surface area contributed by atoms with Gasteiger partial charge in [0.05, 0.1) is 6.54 Å². The van der Waals surface area contributed by atoms with Crippen LogP contribution in [0.3, 0.4) is 0 Å². The molecule has 0 fully saturated rings. The topological polar surface area (TPSA) is 37.3 Å². The summed E-state index contributed by atoms with van der Waals surface area (Å²) in [7, 11) is 0. The second-order valence-corrected chi connectivity index (χ2v) is 7.58. The van der Waals surface area contributed by atoms with Crippen LogP contribution in [0, 0.1) is 13.8 Å². The number of rotatable bonds is 6. The maximum atomic E-state index is 13.0. The Morgan fingerprint density at radius 2 is 1.79 bits per heavy atom. The van der Waals surface area contributed by atoms with Gasteiger partial charge in [-0.2, -0.15) is 0 Å². The molecule has 0 saturated heterocycles. The van der Waals surface area contributed by atoms with Gasteiger partial charge in [-0.25, -0.2) is 4.79 Å². The van der Waals surface area contributed by atoms with Crippen molar-refractivity contribution in [2.24, 2.45) is 0 Å². The first-order valence-corrected chi connectivity index (χ1v) is 9.77. The average molecular weight is 376 g/mol. The van der Waals surface area contributed by atoms with Crippen LogP contribution >= 0.6 is 0 Å². The van der Waals surface area contributed by atoms with Crippen molar-refractivity contribution in [2.75, 3.05) is 5.32 Å². The minimum absolute atomic E-state index is 0.0746. The molecule has 0 atom stereocenters. The quantitative estimate of drug-likeness (QED) is 0.598. The number of urea groups is 1. The van der Waals surface area contributed by atoms with E-state index in [1.165, 1.54) is 11.1 Å². The minimum Gasteiger partial charge on any atom is -0.345 e. The van der Waals surface area contributed by atoms with E-state index in [2.05, 4.69) is 59.4 Å². The zero-order valence-electron chi connectivity index (χ0n) is 17.1. The molecule has 3 rings (SSSR count). The lowest BCUT2D eigenvalue weighted by atomic mass is 10.1. The van der Waals surface area contributed by atoms with E-state index in [-0.39, 0.29) is 12.1 Å². The van der Waals surface area contributed by atoms with Crippen molar-refractivity contribution >= 4 is 11.7 Å². The predicted molar refractivity (Wildman–Crippen MR) is 116 cm³/mol. The van der Waals surface area contributed by atoms with Gasteiger partial charge in [0.15, 0.2) is 0 Å². The zero-order chi connectivity index (χ0) is 20.1. The monoisotopic (exact) mass is 375 g/mol. The van der Waals surface area contributed by atoms with Gasteiger partial charge < -0.3 is 14.8 Å². The molecule has 1 N–H and O–H groups in total. The highest BCUT2D eigenvalue weighted by atomic mass is 16.2. The van der Waals surface area contributed by atoms with Gasteiger partial charge >= 0.3 is 6.03 Å². The fourth-order valence-corrected chi connectivity index (χ4v) is 3.33. The van der Waals surface area contributed by atoms with Gasteiger partial charge in [-0.3, -0.25) is 0 Å². The van der Waals surface area contributed by atoms with Crippen LogP contribution in [-0.2, 0) is 13.1 Å². The molecule has 0 aliphatic carbocycles. The molecule has 4 heteroatoms. The van der Waals surface area contributed by atoms with Gasteiger partial charge in [-0.15, -0.1) is 0 Å². The SMILES string of the molecule is Cc1ccc(NC(=O)N(Cc2cccn2Cc2ccccc2)C(C)C)c(C)c1. The van der Waals surface area contributed by atoms with Crippen LogP contribution in [0.15, 0.2) is 66.9 Å². The summed E-state index contributed by atoms with van der Waals surface area (Å²) in [5.74, 6) is 0. The van der Waals surface area contributed by atoms with Crippen LogP contribution in [-0.4, -0.2) is 21.5 Å². The van der Waals surface area contributed by atoms with Crippen LogP contribution in [0.2, 0.25) is 0 Å². The smallest absolute Gasteiger partial charge is 0.322 e. The van der Waals surface area contributed by atoms with Crippen LogP contribution < -0.4 is 5.32 Å². The molecular weight excluding hydrogens is 346 g/mol.